The topological polar surface area (TPSA) is 33.1 Å². The van der Waals surface area contributed by atoms with Crippen molar-refractivity contribution in [2.24, 2.45) is 0 Å². The van der Waals surface area contributed by atoms with Gasteiger partial charge in [-0.1, -0.05) is 48.5 Å². The molecule has 5 rings (SSSR count). The van der Waals surface area contributed by atoms with E-state index in [0.29, 0.717) is 28.1 Å². The zero-order valence-corrected chi connectivity index (χ0v) is 24.6. The number of aromatic nitrogens is 1. The van der Waals surface area contributed by atoms with Crippen molar-refractivity contribution in [3.63, 3.8) is 0 Å². The monoisotopic (exact) mass is 629 g/mol. The summed E-state index contributed by atoms with van der Waals surface area (Å²) in [5, 5.41) is 10.5. The van der Waals surface area contributed by atoms with E-state index in [1.54, 1.807) is 36.0 Å². The molecule has 1 atom stereocenters. The molecule has 10 heteroatoms. The molecule has 4 aromatic carbocycles. The summed E-state index contributed by atoms with van der Waals surface area (Å²) in [4.78, 5) is 6.55. The summed E-state index contributed by atoms with van der Waals surface area (Å²) in [6.07, 6.45) is -8.30. The lowest BCUT2D eigenvalue weighted by atomic mass is 10.00. The van der Waals surface area contributed by atoms with Crippen molar-refractivity contribution >= 4 is 23.1 Å². The van der Waals surface area contributed by atoms with Gasteiger partial charge in [0.25, 0.3) is 0 Å². The quantitative estimate of drug-likeness (QED) is 0.144. The number of thiazole rings is 1. The van der Waals surface area contributed by atoms with Crippen molar-refractivity contribution in [2.75, 3.05) is 0 Å². The zero-order chi connectivity index (χ0) is 30.9. The predicted octanol–water partition coefficient (Wildman–Crippen LogP) is 10.9. The fourth-order valence-corrected chi connectivity index (χ4v) is 7.22. The Kier molecular flexibility index (Phi) is 8.63. The van der Waals surface area contributed by atoms with Crippen LogP contribution in [-0.4, -0.2) is 10.1 Å². The SMILES string of the molecule is Cc1cc(SC(Cc2ccc(-c3cccc(C(F)(F)F)c3)cc2)c2sc(-c3ccc(C(F)(F)F)cc3)nc2C)ccc1O. The lowest BCUT2D eigenvalue weighted by Crippen LogP contribution is -2.04. The number of benzene rings is 4. The number of alkyl halides is 6. The number of hydrogen-bond donors (Lipinski definition) is 1. The van der Waals surface area contributed by atoms with Gasteiger partial charge < -0.3 is 5.11 Å². The fraction of sp³-hybridized carbons (Fsp3) is 0.182. The summed E-state index contributed by atoms with van der Waals surface area (Å²) in [6.45, 7) is 3.67. The molecular weight excluding hydrogens is 604 g/mol. The van der Waals surface area contributed by atoms with Gasteiger partial charge in [0.2, 0.25) is 0 Å². The lowest BCUT2D eigenvalue weighted by molar-refractivity contribution is -0.138. The zero-order valence-electron chi connectivity index (χ0n) is 22.9. The maximum atomic E-state index is 13.2. The Morgan fingerprint density at radius 1 is 0.744 bits per heavy atom. The molecule has 0 fully saturated rings. The fourth-order valence-electron chi connectivity index (χ4n) is 4.61. The maximum absolute atomic E-state index is 13.2. The van der Waals surface area contributed by atoms with Gasteiger partial charge in [0.15, 0.2) is 0 Å². The van der Waals surface area contributed by atoms with Crippen molar-refractivity contribution in [2.45, 2.75) is 42.8 Å². The highest BCUT2D eigenvalue weighted by Gasteiger charge is 2.31. The number of nitrogens with zero attached hydrogens (tertiary/aromatic N) is 1. The van der Waals surface area contributed by atoms with Gasteiger partial charge in [0.05, 0.1) is 16.8 Å². The first-order valence-corrected chi connectivity index (χ1v) is 14.9. The van der Waals surface area contributed by atoms with Gasteiger partial charge in [-0.15, -0.1) is 23.1 Å². The highest BCUT2D eigenvalue weighted by molar-refractivity contribution is 7.99. The van der Waals surface area contributed by atoms with Gasteiger partial charge in [-0.3, -0.25) is 0 Å². The first-order chi connectivity index (χ1) is 20.3. The minimum absolute atomic E-state index is 0.135. The Balaban J connectivity index is 1.45. The first kappa shape index (κ1) is 30.7. The van der Waals surface area contributed by atoms with E-state index < -0.39 is 23.5 Å². The maximum Gasteiger partial charge on any atom is 0.416 e. The Morgan fingerprint density at radius 2 is 1.40 bits per heavy atom. The van der Waals surface area contributed by atoms with Crippen LogP contribution in [0.15, 0.2) is 95.9 Å². The van der Waals surface area contributed by atoms with Gasteiger partial charge in [-0.2, -0.15) is 26.3 Å². The van der Waals surface area contributed by atoms with Crippen LogP contribution in [0.1, 0.15) is 38.1 Å². The average molecular weight is 630 g/mol. The minimum Gasteiger partial charge on any atom is -0.508 e. The molecule has 2 nitrogen and oxygen atoms in total. The smallest absolute Gasteiger partial charge is 0.416 e. The molecule has 43 heavy (non-hydrogen) atoms. The average Bonchev–Trinajstić information content (AvgIpc) is 3.35. The largest absolute Gasteiger partial charge is 0.508 e. The lowest BCUT2D eigenvalue weighted by Gasteiger charge is -2.17. The van der Waals surface area contributed by atoms with Crippen LogP contribution in [0.5, 0.6) is 5.75 Å². The number of phenols is 1. The van der Waals surface area contributed by atoms with E-state index in [4.69, 9.17) is 0 Å². The van der Waals surface area contributed by atoms with E-state index in [1.165, 1.54) is 29.5 Å². The van der Waals surface area contributed by atoms with E-state index in [2.05, 4.69) is 4.98 Å². The Hall–Kier alpha value is -3.76. The predicted molar refractivity (Wildman–Crippen MR) is 159 cm³/mol. The van der Waals surface area contributed by atoms with Gasteiger partial charge in [0.1, 0.15) is 10.8 Å². The van der Waals surface area contributed by atoms with Crippen molar-refractivity contribution in [3.05, 3.63) is 124 Å². The van der Waals surface area contributed by atoms with E-state index in [0.717, 1.165) is 50.9 Å². The second-order valence-electron chi connectivity index (χ2n) is 10.1. The van der Waals surface area contributed by atoms with E-state index in [9.17, 15) is 31.4 Å². The number of phenolic OH excluding ortho intramolecular Hbond substituents is 1. The van der Waals surface area contributed by atoms with Crippen molar-refractivity contribution in [1.29, 1.82) is 0 Å². The third-order valence-corrected chi connectivity index (χ3v) is 9.61. The second-order valence-corrected chi connectivity index (χ2v) is 12.4. The highest BCUT2D eigenvalue weighted by Crippen LogP contribution is 2.44. The summed E-state index contributed by atoms with van der Waals surface area (Å²) in [6, 6.07) is 22.8. The van der Waals surface area contributed by atoms with E-state index >= 15 is 0 Å². The van der Waals surface area contributed by atoms with Gasteiger partial charge in [0, 0.05) is 20.6 Å². The molecule has 0 aliphatic carbocycles. The standard InChI is InChI=1S/C33H25F6NOS2/c1-19-16-27(14-15-28(19)41)42-29(30-20(2)40-31(43-30)23-10-12-25(13-11-23)32(34,35)36)17-21-6-8-22(9-7-21)24-4-3-5-26(18-24)33(37,38)39/h3-16,18,29,41H,17H2,1-2H3. The molecule has 1 N–H and O–H groups in total. The Labute approximate surface area is 253 Å². The number of thioether (sulfide) groups is 1. The molecule has 0 saturated heterocycles. The molecule has 222 valence electrons. The van der Waals surface area contributed by atoms with Gasteiger partial charge in [-0.05, 0) is 85.0 Å². The van der Waals surface area contributed by atoms with Crippen LogP contribution < -0.4 is 0 Å². The minimum atomic E-state index is -4.43. The molecule has 1 unspecified atom stereocenters. The van der Waals surface area contributed by atoms with Crippen LogP contribution in [0.3, 0.4) is 0 Å². The number of aryl methyl sites for hydroxylation is 2. The molecule has 0 bridgehead atoms. The second kappa shape index (κ2) is 12.1. The van der Waals surface area contributed by atoms with Crippen LogP contribution in [0, 0.1) is 13.8 Å². The molecule has 1 aromatic heterocycles. The van der Waals surface area contributed by atoms with Crippen LogP contribution in [0.4, 0.5) is 26.3 Å². The molecule has 5 aromatic rings. The molecule has 0 aliphatic rings. The first-order valence-electron chi connectivity index (χ1n) is 13.2. The molecule has 0 aliphatic heterocycles. The summed E-state index contributed by atoms with van der Waals surface area (Å²) in [7, 11) is 0. The Morgan fingerprint density at radius 3 is 2.02 bits per heavy atom. The van der Waals surface area contributed by atoms with Crippen molar-refractivity contribution < 1.29 is 31.4 Å². The number of hydrogen-bond acceptors (Lipinski definition) is 4. The van der Waals surface area contributed by atoms with Crippen molar-refractivity contribution in [3.8, 4) is 27.4 Å². The van der Waals surface area contributed by atoms with Gasteiger partial charge >= 0.3 is 12.4 Å². The molecule has 0 amide bonds. The van der Waals surface area contributed by atoms with Crippen LogP contribution in [-0.2, 0) is 18.8 Å². The van der Waals surface area contributed by atoms with Crippen LogP contribution in [0.25, 0.3) is 21.7 Å². The van der Waals surface area contributed by atoms with Crippen molar-refractivity contribution in [1.82, 2.24) is 4.98 Å². The Bertz CT molecular complexity index is 1720. The molecule has 1 heterocycles. The molecular formula is C33H25F6NOS2. The third-order valence-electron chi connectivity index (χ3n) is 6.93. The summed E-state index contributed by atoms with van der Waals surface area (Å²) < 4.78 is 78.9. The van der Waals surface area contributed by atoms with Gasteiger partial charge in [-0.25, -0.2) is 4.98 Å². The van der Waals surface area contributed by atoms with E-state index in [-0.39, 0.29) is 11.0 Å². The van der Waals surface area contributed by atoms with Crippen LogP contribution >= 0.6 is 23.1 Å². The molecule has 0 spiro atoms. The van der Waals surface area contributed by atoms with Crippen LogP contribution in [0.2, 0.25) is 0 Å². The summed E-state index contributed by atoms with van der Waals surface area (Å²) in [5.74, 6) is 0.185. The summed E-state index contributed by atoms with van der Waals surface area (Å²) >= 11 is 2.99. The normalized spacial score (nSPS) is 12.8. The highest BCUT2D eigenvalue weighted by atomic mass is 32.2. The number of rotatable bonds is 7. The molecule has 0 saturated carbocycles. The third kappa shape index (κ3) is 7.25. The molecule has 0 radical (unpaired) electrons. The number of halogens is 6. The van der Waals surface area contributed by atoms with E-state index in [1.807, 2.05) is 38.1 Å². The summed E-state index contributed by atoms with van der Waals surface area (Å²) in [5.41, 5.74) is 2.70. The number of aromatic hydroxyl groups is 1.